The second kappa shape index (κ2) is 2.42. The smallest absolute Gasteiger partial charge is 0.166 e. The molecule has 1 aromatic rings. The molecule has 0 bridgehead atoms. The summed E-state index contributed by atoms with van der Waals surface area (Å²) in [7, 11) is 0. The van der Waals surface area contributed by atoms with Gasteiger partial charge in [0.25, 0.3) is 0 Å². The SMILES string of the molecule is C=Cc1nc(Cl)c(Cl)[nH]1. The molecule has 0 radical (unpaired) electrons. The van der Waals surface area contributed by atoms with Gasteiger partial charge in [-0.05, 0) is 6.08 Å². The number of aromatic nitrogens is 2. The Labute approximate surface area is 62.5 Å². The fraction of sp³-hybridized carbons (Fsp3) is 0. The molecule has 0 aromatic carbocycles. The number of nitrogens with zero attached hydrogens (tertiary/aromatic N) is 1. The lowest BCUT2D eigenvalue weighted by atomic mass is 10.6. The molecule has 0 aliphatic rings. The fourth-order valence-corrected chi connectivity index (χ4v) is 0.721. The van der Waals surface area contributed by atoms with Gasteiger partial charge in [-0.2, -0.15) is 0 Å². The van der Waals surface area contributed by atoms with Gasteiger partial charge in [0.15, 0.2) is 5.15 Å². The van der Waals surface area contributed by atoms with Crippen LogP contribution in [0.4, 0.5) is 0 Å². The summed E-state index contributed by atoms with van der Waals surface area (Å²) >= 11 is 11.0. The van der Waals surface area contributed by atoms with Crippen LogP contribution in [0.25, 0.3) is 6.08 Å². The highest BCUT2D eigenvalue weighted by atomic mass is 35.5. The average molecular weight is 163 g/mol. The summed E-state index contributed by atoms with van der Waals surface area (Å²) < 4.78 is 0. The summed E-state index contributed by atoms with van der Waals surface area (Å²) in [5.74, 6) is 0.588. The van der Waals surface area contributed by atoms with Gasteiger partial charge >= 0.3 is 0 Å². The molecular weight excluding hydrogens is 159 g/mol. The van der Waals surface area contributed by atoms with E-state index >= 15 is 0 Å². The molecule has 0 aliphatic heterocycles. The lowest BCUT2D eigenvalue weighted by molar-refractivity contribution is 1.27. The molecule has 0 unspecified atom stereocenters. The number of nitrogens with one attached hydrogen (secondary N) is 1. The second-order valence-electron chi connectivity index (χ2n) is 1.43. The first-order valence-corrected chi connectivity index (χ1v) is 3.03. The Morgan fingerprint density at radius 3 is 2.44 bits per heavy atom. The lowest BCUT2D eigenvalue weighted by Gasteiger charge is -1.75. The maximum Gasteiger partial charge on any atom is 0.166 e. The predicted molar refractivity (Wildman–Crippen MR) is 38.7 cm³/mol. The Kier molecular flexibility index (Phi) is 1.78. The fourth-order valence-electron chi connectivity index (χ4n) is 0.443. The Balaban J connectivity index is 3.11. The van der Waals surface area contributed by atoms with Gasteiger partial charge in [0.2, 0.25) is 0 Å². The minimum atomic E-state index is 0.284. The van der Waals surface area contributed by atoms with Crippen LogP contribution in [0.3, 0.4) is 0 Å². The van der Waals surface area contributed by atoms with Gasteiger partial charge in [0, 0.05) is 0 Å². The van der Waals surface area contributed by atoms with Crippen LogP contribution >= 0.6 is 23.2 Å². The van der Waals surface area contributed by atoms with E-state index in [1.165, 1.54) is 6.08 Å². The van der Waals surface area contributed by atoms with Gasteiger partial charge in [-0.3, -0.25) is 0 Å². The van der Waals surface area contributed by atoms with Crippen molar-refractivity contribution in [1.82, 2.24) is 9.97 Å². The Morgan fingerprint density at radius 1 is 1.56 bits per heavy atom. The summed E-state index contributed by atoms with van der Waals surface area (Å²) in [4.78, 5) is 6.49. The van der Waals surface area contributed by atoms with Crippen LogP contribution in [0.1, 0.15) is 5.82 Å². The van der Waals surface area contributed by atoms with Gasteiger partial charge in [-0.1, -0.05) is 29.8 Å². The monoisotopic (exact) mass is 162 g/mol. The molecule has 48 valence electrons. The molecule has 9 heavy (non-hydrogen) atoms. The second-order valence-corrected chi connectivity index (χ2v) is 2.17. The van der Waals surface area contributed by atoms with Crippen LogP contribution in [0.15, 0.2) is 6.58 Å². The van der Waals surface area contributed by atoms with Crippen molar-refractivity contribution in [1.29, 1.82) is 0 Å². The molecule has 0 fully saturated rings. The molecule has 0 saturated carbocycles. The molecule has 4 heteroatoms. The quantitative estimate of drug-likeness (QED) is 0.676. The zero-order chi connectivity index (χ0) is 6.85. The molecule has 1 aromatic heterocycles. The van der Waals surface area contributed by atoms with E-state index in [2.05, 4.69) is 16.5 Å². The van der Waals surface area contributed by atoms with Crippen molar-refractivity contribution in [3.05, 3.63) is 22.7 Å². The van der Waals surface area contributed by atoms with Crippen molar-refractivity contribution in [3.8, 4) is 0 Å². The highest BCUT2D eigenvalue weighted by Gasteiger charge is 2.00. The van der Waals surface area contributed by atoms with Crippen LogP contribution in [-0.2, 0) is 0 Å². The number of imidazole rings is 1. The van der Waals surface area contributed by atoms with E-state index in [0.717, 1.165) is 0 Å². The minimum Gasteiger partial charge on any atom is -0.328 e. The molecule has 0 atom stereocenters. The molecule has 0 amide bonds. The Hall–Kier alpha value is -0.470. The molecule has 1 rings (SSSR count). The highest BCUT2D eigenvalue weighted by molar-refractivity contribution is 6.40. The van der Waals surface area contributed by atoms with Crippen molar-refractivity contribution in [2.75, 3.05) is 0 Å². The summed E-state index contributed by atoms with van der Waals surface area (Å²) in [6.45, 7) is 3.47. The number of hydrogen-bond donors (Lipinski definition) is 1. The van der Waals surface area contributed by atoms with Crippen LogP contribution in [0.5, 0.6) is 0 Å². The van der Waals surface area contributed by atoms with Crippen molar-refractivity contribution in [2.24, 2.45) is 0 Å². The Bertz CT molecular complexity index is 209. The highest BCUT2D eigenvalue weighted by Crippen LogP contribution is 2.17. The van der Waals surface area contributed by atoms with E-state index in [1.54, 1.807) is 0 Å². The third kappa shape index (κ3) is 1.26. The molecule has 2 nitrogen and oxygen atoms in total. The van der Waals surface area contributed by atoms with Crippen LogP contribution in [0.2, 0.25) is 10.3 Å². The standard InChI is InChI=1S/C5H4Cl2N2/c1-2-3-8-4(6)5(7)9-3/h2H,1H2,(H,8,9). The van der Waals surface area contributed by atoms with Crippen LogP contribution in [-0.4, -0.2) is 9.97 Å². The molecule has 1 N–H and O–H groups in total. The van der Waals surface area contributed by atoms with Gasteiger partial charge in [-0.25, -0.2) is 4.98 Å². The number of aromatic amines is 1. The predicted octanol–water partition coefficient (Wildman–Crippen LogP) is 2.36. The first-order valence-electron chi connectivity index (χ1n) is 2.27. The molecule has 0 spiro atoms. The third-order valence-electron chi connectivity index (χ3n) is 0.831. The zero-order valence-electron chi connectivity index (χ0n) is 4.49. The average Bonchev–Trinajstić information content (AvgIpc) is 2.13. The lowest BCUT2D eigenvalue weighted by Crippen LogP contribution is -1.69. The molecular formula is C5H4Cl2N2. The van der Waals surface area contributed by atoms with Crippen LogP contribution < -0.4 is 0 Å². The molecule has 0 saturated heterocycles. The third-order valence-corrected chi connectivity index (χ3v) is 1.47. The molecule has 1 heterocycles. The van der Waals surface area contributed by atoms with Crippen molar-refractivity contribution < 1.29 is 0 Å². The van der Waals surface area contributed by atoms with E-state index in [-0.39, 0.29) is 5.15 Å². The summed E-state index contributed by atoms with van der Waals surface area (Å²) in [6, 6.07) is 0. The normalized spacial score (nSPS) is 9.56. The Morgan fingerprint density at radius 2 is 2.22 bits per heavy atom. The van der Waals surface area contributed by atoms with Gasteiger partial charge in [-0.15, -0.1) is 0 Å². The minimum absolute atomic E-state index is 0.284. The first kappa shape index (κ1) is 6.65. The maximum absolute atomic E-state index is 5.51. The van der Waals surface area contributed by atoms with Gasteiger partial charge in [0.1, 0.15) is 11.0 Å². The maximum atomic E-state index is 5.51. The van der Waals surface area contributed by atoms with Crippen molar-refractivity contribution in [3.63, 3.8) is 0 Å². The summed E-state index contributed by atoms with van der Waals surface area (Å²) in [6.07, 6.45) is 1.54. The van der Waals surface area contributed by atoms with Gasteiger partial charge < -0.3 is 4.98 Å². The van der Waals surface area contributed by atoms with E-state index in [4.69, 9.17) is 23.2 Å². The first-order chi connectivity index (χ1) is 4.24. The van der Waals surface area contributed by atoms with E-state index in [1.807, 2.05) is 0 Å². The van der Waals surface area contributed by atoms with E-state index in [9.17, 15) is 0 Å². The zero-order valence-corrected chi connectivity index (χ0v) is 6.00. The number of hydrogen-bond acceptors (Lipinski definition) is 1. The number of halogens is 2. The van der Waals surface area contributed by atoms with E-state index in [0.29, 0.717) is 11.0 Å². The van der Waals surface area contributed by atoms with Gasteiger partial charge in [0.05, 0.1) is 0 Å². The van der Waals surface area contributed by atoms with E-state index < -0.39 is 0 Å². The molecule has 0 aliphatic carbocycles. The topological polar surface area (TPSA) is 28.7 Å². The summed E-state index contributed by atoms with van der Waals surface area (Å²) in [5, 5.41) is 0.637. The number of rotatable bonds is 1. The largest absolute Gasteiger partial charge is 0.328 e. The van der Waals surface area contributed by atoms with Crippen LogP contribution in [0, 0.1) is 0 Å². The van der Waals surface area contributed by atoms with Crippen molar-refractivity contribution in [2.45, 2.75) is 0 Å². The van der Waals surface area contributed by atoms with Crippen molar-refractivity contribution >= 4 is 29.3 Å². The summed E-state index contributed by atoms with van der Waals surface area (Å²) in [5.41, 5.74) is 0. The number of H-pyrrole nitrogens is 1.